The molecule has 0 spiro atoms. The van der Waals surface area contributed by atoms with Crippen LogP contribution in [0.1, 0.15) is 37.7 Å². The molecule has 4 rings (SSSR count). The van der Waals surface area contributed by atoms with E-state index in [-0.39, 0.29) is 6.61 Å². The summed E-state index contributed by atoms with van der Waals surface area (Å²) >= 11 is 0. The highest BCUT2D eigenvalue weighted by molar-refractivity contribution is 5.69. The molecule has 0 saturated carbocycles. The van der Waals surface area contributed by atoms with Crippen molar-refractivity contribution in [2.24, 2.45) is 0 Å². The Bertz CT molecular complexity index is 857. The summed E-state index contributed by atoms with van der Waals surface area (Å²) in [5.74, 6) is 0. The molecule has 4 nitrogen and oxygen atoms in total. The fourth-order valence-corrected chi connectivity index (χ4v) is 4.28. The van der Waals surface area contributed by atoms with Crippen LogP contribution in [0.2, 0.25) is 0 Å². The SMILES string of the molecule is OCCC[C@H]1CCCCN1Cc1cn[nH]c1-c1ccc(-c2ccccc2)cc1. The first kappa shape index (κ1) is 18.9. The van der Waals surface area contributed by atoms with Gasteiger partial charge in [0.1, 0.15) is 0 Å². The first-order valence-electron chi connectivity index (χ1n) is 10.4. The molecule has 0 radical (unpaired) electrons. The van der Waals surface area contributed by atoms with Crippen LogP contribution in [0.25, 0.3) is 22.4 Å². The van der Waals surface area contributed by atoms with Crippen LogP contribution in [-0.2, 0) is 6.54 Å². The van der Waals surface area contributed by atoms with Crippen LogP contribution in [0.3, 0.4) is 0 Å². The molecule has 2 aromatic carbocycles. The number of hydrogen-bond acceptors (Lipinski definition) is 3. The summed E-state index contributed by atoms with van der Waals surface area (Å²) in [5, 5.41) is 16.8. The Morgan fingerprint density at radius 1 is 0.964 bits per heavy atom. The maximum atomic E-state index is 9.20. The minimum absolute atomic E-state index is 0.287. The van der Waals surface area contributed by atoms with Crippen molar-refractivity contribution in [3.63, 3.8) is 0 Å². The first-order chi connectivity index (χ1) is 13.8. The second-order valence-electron chi connectivity index (χ2n) is 7.70. The number of nitrogens with zero attached hydrogens (tertiary/aromatic N) is 2. The van der Waals surface area contributed by atoms with Gasteiger partial charge in [0.15, 0.2) is 0 Å². The van der Waals surface area contributed by atoms with Crippen molar-refractivity contribution in [3.8, 4) is 22.4 Å². The number of likely N-dealkylation sites (tertiary alicyclic amines) is 1. The molecule has 0 unspecified atom stereocenters. The van der Waals surface area contributed by atoms with Crippen molar-refractivity contribution in [1.29, 1.82) is 0 Å². The number of benzene rings is 2. The standard InChI is InChI=1S/C24H29N3O/c28-16-6-10-23-9-4-5-15-27(23)18-22-17-25-26-24(22)21-13-11-20(12-14-21)19-7-2-1-3-8-19/h1-3,7-8,11-14,17,23,28H,4-6,9-10,15-16,18H2,(H,25,26)/t23-/m1/s1. The predicted octanol–water partition coefficient (Wildman–Crippen LogP) is 4.87. The molecule has 0 bridgehead atoms. The number of H-pyrrole nitrogens is 1. The molecular weight excluding hydrogens is 346 g/mol. The number of hydrogen-bond donors (Lipinski definition) is 2. The Hall–Kier alpha value is -2.43. The number of aromatic amines is 1. The molecule has 1 aliphatic rings. The monoisotopic (exact) mass is 375 g/mol. The molecule has 1 atom stereocenters. The second-order valence-corrected chi connectivity index (χ2v) is 7.70. The Labute approximate surface area is 167 Å². The van der Waals surface area contributed by atoms with Gasteiger partial charge in [-0.1, -0.05) is 61.0 Å². The van der Waals surface area contributed by atoms with Crippen molar-refractivity contribution < 1.29 is 5.11 Å². The maximum Gasteiger partial charge on any atom is 0.0695 e. The molecule has 4 heteroatoms. The van der Waals surface area contributed by atoms with Crippen LogP contribution >= 0.6 is 0 Å². The van der Waals surface area contributed by atoms with Crippen LogP contribution in [0.5, 0.6) is 0 Å². The van der Waals surface area contributed by atoms with Gasteiger partial charge in [0.05, 0.1) is 11.9 Å². The lowest BCUT2D eigenvalue weighted by molar-refractivity contribution is 0.124. The highest BCUT2D eigenvalue weighted by atomic mass is 16.2. The number of aromatic nitrogens is 2. The summed E-state index contributed by atoms with van der Waals surface area (Å²) in [6.45, 7) is 2.34. The van der Waals surface area contributed by atoms with Gasteiger partial charge in [0, 0.05) is 24.8 Å². The van der Waals surface area contributed by atoms with E-state index in [2.05, 4.69) is 63.6 Å². The molecule has 1 aliphatic heterocycles. The molecule has 1 saturated heterocycles. The van der Waals surface area contributed by atoms with Crippen LogP contribution in [0.15, 0.2) is 60.8 Å². The van der Waals surface area contributed by atoms with E-state index in [0.717, 1.165) is 31.6 Å². The lowest BCUT2D eigenvalue weighted by atomic mass is 9.96. The first-order valence-corrected chi connectivity index (χ1v) is 10.4. The molecule has 0 amide bonds. The lowest BCUT2D eigenvalue weighted by Gasteiger charge is -2.35. The zero-order valence-electron chi connectivity index (χ0n) is 16.3. The van der Waals surface area contributed by atoms with Crippen molar-refractivity contribution in [2.45, 2.75) is 44.7 Å². The van der Waals surface area contributed by atoms with E-state index >= 15 is 0 Å². The van der Waals surface area contributed by atoms with Crippen LogP contribution in [0.4, 0.5) is 0 Å². The third-order valence-electron chi connectivity index (χ3n) is 5.82. The van der Waals surface area contributed by atoms with Gasteiger partial charge in [-0.15, -0.1) is 0 Å². The van der Waals surface area contributed by atoms with Gasteiger partial charge in [-0.25, -0.2) is 0 Å². The van der Waals surface area contributed by atoms with Crippen molar-refractivity contribution in [3.05, 3.63) is 66.4 Å². The fourth-order valence-electron chi connectivity index (χ4n) is 4.28. The zero-order chi connectivity index (χ0) is 19.2. The highest BCUT2D eigenvalue weighted by Crippen LogP contribution is 2.29. The smallest absolute Gasteiger partial charge is 0.0695 e. The molecule has 3 aromatic rings. The Morgan fingerprint density at radius 2 is 1.71 bits per heavy atom. The van der Waals surface area contributed by atoms with E-state index in [1.807, 2.05) is 12.3 Å². The fraction of sp³-hybridized carbons (Fsp3) is 0.375. The van der Waals surface area contributed by atoms with Crippen molar-refractivity contribution in [1.82, 2.24) is 15.1 Å². The lowest BCUT2D eigenvalue weighted by Crippen LogP contribution is -2.39. The summed E-state index contributed by atoms with van der Waals surface area (Å²) in [4.78, 5) is 2.58. The maximum absolute atomic E-state index is 9.20. The van der Waals surface area contributed by atoms with E-state index < -0.39 is 0 Å². The van der Waals surface area contributed by atoms with Gasteiger partial charge in [0.2, 0.25) is 0 Å². The molecular formula is C24H29N3O. The molecule has 1 aromatic heterocycles. The summed E-state index contributed by atoms with van der Waals surface area (Å²) in [5.41, 5.74) is 6.01. The quantitative estimate of drug-likeness (QED) is 0.619. The average molecular weight is 376 g/mol. The number of aliphatic hydroxyl groups is 1. The highest BCUT2D eigenvalue weighted by Gasteiger charge is 2.23. The summed E-state index contributed by atoms with van der Waals surface area (Å²) in [6.07, 6.45) is 7.73. The van der Waals surface area contributed by atoms with Gasteiger partial charge in [-0.2, -0.15) is 5.10 Å². The van der Waals surface area contributed by atoms with Crippen molar-refractivity contribution >= 4 is 0 Å². The molecule has 1 fully saturated rings. The Balaban J connectivity index is 1.51. The minimum atomic E-state index is 0.287. The number of piperidine rings is 1. The zero-order valence-corrected chi connectivity index (χ0v) is 16.3. The molecule has 0 aliphatic carbocycles. The van der Waals surface area contributed by atoms with Crippen molar-refractivity contribution in [2.75, 3.05) is 13.2 Å². The summed E-state index contributed by atoms with van der Waals surface area (Å²) in [7, 11) is 0. The third kappa shape index (κ3) is 4.34. The second kappa shape index (κ2) is 9.18. The number of aliphatic hydroxyl groups excluding tert-OH is 1. The number of rotatable bonds is 7. The van der Waals surface area contributed by atoms with Gasteiger partial charge >= 0.3 is 0 Å². The third-order valence-corrected chi connectivity index (χ3v) is 5.82. The molecule has 2 N–H and O–H groups in total. The molecule has 146 valence electrons. The summed E-state index contributed by atoms with van der Waals surface area (Å²) < 4.78 is 0. The van der Waals surface area contributed by atoms with E-state index in [4.69, 9.17) is 0 Å². The number of nitrogens with one attached hydrogen (secondary N) is 1. The van der Waals surface area contributed by atoms with Crippen LogP contribution in [-0.4, -0.2) is 39.4 Å². The van der Waals surface area contributed by atoms with E-state index in [0.29, 0.717) is 6.04 Å². The molecule has 28 heavy (non-hydrogen) atoms. The average Bonchev–Trinajstić information content (AvgIpc) is 3.22. The van der Waals surface area contributed by atoms with Crippen LogP contribution < -0.4 is 0 Å². The molecule has 2 heterocycles. The van der Waals surface area contributed by atoms with E-state index in [1.165, 1.54) is 41.5 Å². The normalized spacial score (nSPS) is 17.7. The van der Waals surface area contributed by atoms with E-state index in [1.54, 1.807) is 0 Å². The minimum Gasteiger partial charge on any atom is -0.396 e. The predicted molar refractivity (Wildman–Crippen MR) is 114 cm³/mol. The van der Waals surface area contributed by atoms with Gasteiger partial charge in [-0.3, -0.25) is 10.00 Å². The van der Waals surface area contributed by atoms with E-state index in [9.17, 15) is 5.11 Å². The summed E-state index contributed by atoms with van der Waals surface area (Å²) in [6, 6.07) is 19.8. The topological polar surface area (TPSA) is 52.1 Å². The van der Waals surface area contributed by atoms with Gasteiger partial charge in [-0.05, 0) is 48.9 Å². The Kier molecular flexibility index (Phi) is 6.20. The largest absolute Gasteiger partial charge is 0.396 e. The Morgan fingerprint density at radius 3 is 2.50 bits per heavy atom. The van der Waals surface area contributed by atoms with Gasteiger partial charge < -0.3 is 5.11 Å². The van der Waals surface area contributed by atoms with Crippen LogP contribution in [0, 0.1) is 0 Å². The van der Waals surface area contributed by atoms with Gasteiger partial charge in [0.25, 0.3) is 0 Å².